The van der Waals surface area contributed by atoms with Gasteiger partial charge >= 0.3 is 0 Å². The molecule has 33 heavy (non-hydrogen) atoms. The molecular formula is C27H38N2O3S. The summed E-state index contributed by atoms with van der Waals surface area (Å²) in [5.74, 6) is 0.352. The number of anilines is 1. The average Bonchev–Trinajstić information content (AvgIpc) is 3.03. The van der Waals surface area contributed by atoms with Crippen LogP contribution in [0.2, 0.25) is 0 Å². The molecule has 1 heterocycles. The second-order valence-electron chi connectivity index (χ2n) is 11.7. The van der Waals surface area contributed by atoms with Crippen LogP contribution in [0.1, 0.15) is 88.2 Å². The molecule has 1 aliphatic carbocycles. The Morgan fingerprint density at radius 2 is 1.64 bits per heavy atom. The van der Waals surface area contributed by atoms with Crippen molar-refractivity contribution in [2.24, 2.45) is 17.1 Å². The molecule has 1 aromatic heterocycles. The number of ether oxygens (including phenoxy) is 1. The highest BCUT2D eigenvalue weighted by Crippen LogP contribution is 2.44. The van der Waals surface area contributed by atoms with Gasteiger partial charge < -0.3 is 15.8 Å². The maximum absolute atomic E-state index is 13.2. The minimum absolute atomic E-state index is 0.0425. The fourth-order valence-electron chi connectivity index (χ4n) is 4.29. The zero-order valence-electron chi connectivity index (χ0n) is 21.2. The number of nitrogens with one attached hydrogen (secondary N) is 1. The van der Waals surface area contributed by atoms with Crippen LogP contribution in [0.5, 0.6) is 5.75 Å². The fraction of sp³-hybridized carbons (Fsp3) is 0.556. The van der Waals surface area contributed by atoms with Gasteiger partial charge in [0.05, 0.1) is 5.56 Å². The van der Waals surface area contributed by atoms with Crippen molar-refractivity contribution in [1.82, 2.24) is 0 Å². The summed E-state index contributed by atoms with van der Waals surface area (Å²) in [6.07, 6.45) is 2.72. The molecule has 6 heteroatoms. The van der Waals surface area contributed by atoms with E-state index in [1.165, 1.54) is 16.9 Å². The van der Waals surface area contributed by atoms with E-state index < -0.39 is 11.5 Å². The number of benzene rings is 1. The number of thiophene rings is 1. The van der Waals surface area contributed by atoms with E-state index in [-0.39, 0.29) is 16.7 Å². The van der Waals surface area contributed by atoms with E-state index in [4.69, 9.17) is 10.5 Å². The first-order valence-electron chi connectivity index (χ1n) is 11.6. The monoisotopic (exact) mass is 470 g/mol. The highest BCUT2D eigenvalue weighted by atomic mass is 32.1. The smallest absolute Gasteiger partial charge is 0.268 e. The predicted octanol–water partition coefficient (Wildman–Crippen LogP) is 6.09. The van der Waals surface area contributed by atoms with Crippen molar-refractivity contribution in [3.05, 3.63) is 45.8 Å². The molecule has 0 aliphatic heterocycles. The molecule has 1 atom stereocenters. The Hall–Kier alpha value is -2.34. The van der Waals surface area contributed by atoms with E-state index in [1.54, 1.807) is 13.8 Å². The third-order valence-corrected chi connectivity index (χ3v) is 7.77. The highest BCUT2D eigenvalue weighted by molar-refractivity contribution is 7.17. The molecule has 0 unspecified atom stereocenters. The van der Waals surface area contributed by atoms with Gasteiger partial charge in [-0.2, -0.15) is 0 Å². The van der Waals surface area contributed by atoms with Crippen LogP contribution in [0.15, 0.2) is 24.3 Å². The summed E-state index contributed by atoms with van der Waals surface area (Å²) in [7, 11) is 0. The molecular weight excluding hydrogens is 432 g/mol. The lowest BCUT2D eigenvalue weighted by Gasteiger charge is -2.33. The number of hydrogen-bond donors (Lipinski definition) is 2. The van der Waals surface area contributed by atoms with Crippen LogP contribution in [0.25, 0.3) is 0 Å². The van der Waals surface area contributed by atoms with E-state index in [2.05, 4.69) is 46.9 Å². The summed E-state index contributed by atoms with van der Waals surface area (Å²) in [5, 5.41) is 3.49. The highest BCUT2D eigenvalue weighted by Gasteiger charge is 2.36. The molecule has 0 fully saturated rings. The third-order valence-electron chi connectivity index (χ3n) is 6.60. The summed E-state index contributed by atoms with van der Waals surface area (Å²) < 4.78 is 6.04. The Balaban J connectivity index is 1.80. The fourth-order valence-corrected chi connectivity index (χ4v) is 5.62. The Bertz CT molecular complexity index is 1040. The number of carbonyl (C=O) groups is 2. The van der Waals surface area contributed by atoms with Crippen molar-refractivity contribution >= 4 is 28.2 Å². The molecule has 2 amide bonds. The molecule has 2 aromatic rings. The van der Waals surface area contributed by atoms with Crippen LogP contribution >= 0.6 is 11.3 Å². The minimum atomic E-state index is -1.13. The summed E-state index contributed by atoms with van der Waals surface area (Å²) in [4.78, 5) is 26.7. The van der Waals surface area contributed by atoms with Crippen molar-refractivity contribution in [3.63, 3.8) is 0 Å². The lowest BCUT2D eigenvalue weighted by Crippen LogP contribution is -2.42. The molecule has 180 valence electrons. The first-order chi connectivity index (χ1) is 15.1. The van der Waals surface area contributed by atoms with Crippen molar-refractivity contribution in [1.29, 1.82) is 0 Å². The van der Waals surface area contributed by atoms with Gasteiger partial charge in [-0.15, -0.1) is 11.3 Å². The second kappa shape index (κ2) is 8.79. The lowest BCUT2D eigenvalue weighted by atomic mass is 9.72. The van der Waals surface area contributed by atoms with Gasteiger partial charge in [0, 0.05) is 4.88 Å². The molecule has 0 radical (unpaired) electrons. The number of primary amides is 1. The van der Waals surface area contributed by atoms with Crippen molar-refractivity contribution in [2.45, 2.75) is 85.7 Å². The summed E-state index contributed by atoms with van der Waals surface area (Å²) in [5.41, 5.74) is 7.51. The molecule has 5 nitrogen and oxygen atoms in total. The van der Waals surface area contributed by atoms with E-state index >= 15 is 0 Å². The van der Waals surface area contributed by atoms with E-state index in [1.807, 2.05) is 24.3 Å². The van der Waals surface area contributed by atoms with Crippen LogP contribution in [0.4, 0.5) is 5.00 Å². The lowest BCUT2D eigenvalue weighted by molar-refractivity contribution is -0.128. The van der Waals surface area contributed by atoms with Gasteiger partial charge in [-0.3, -0.25) is 9.59 Å². The first-order valence-corrected chi connectivity index (χ1v) is 12.5. The number of nitrogens with two attached hydrogens (primary N) is 1. The summed E-state index contributed by atoms with van der Waals surface area (Å²) in [6.45, 7) is 16.7. The van der Waals surface area contributed by atoms with Crippen molar-refractivity contribution in [2.75, 3.05) is 5.32 Å². The van der Waals surface area contributed by atoms with E-state index in [0.29, 0.717) is 22.2 Å². The Morgan fingerprint density at radius 3 is 2.15 bits per heavy atom. The molecule has 0 spiro atoms. The second-order valence-corrected chi connectivity index (χ2v) is 12.8. The number of carbonyl (C=O) groups excluding carboxylic acids is 2. The summed E-state index contributed by atoms with van der Waals surface area (Å²) >= 11 is 1.48. The van der Waals surface area contributed by atoms with Crippen LogP contribution in [-0.2, 0) is 23.1 Å². The minimum Gasteiger partial charge on any atom is -0.478 e. The maximum Gasteiger partial charge on any atom is 0.268 e. The third kappa shape index (κ3) is 5.60. The Labute approximate surface area is 202 Å². The van der Waals surface area contributed by atoms with Crippen molar-refractivity contribution < 1.29 is 14.3 Å². The molecule has 3 N–H and O–H groups in total. The van der Waals surface area contributed by atoms with Crippen LogP contribution in [-0.4, -0.2) is 17.4 Å². The molecule has 1 aromatic carbocycles. The van der Waals surface area contributed by atoms with E-state index in [0.717, 1.165) is 29.7 Å². The topological polar surface area (TPSA) is 81.4 Å². The number of rotatable bonds is 5. The quantitative estimate of drug-likeness (QED) is 0.555. The average molecular weight is 471 g/mol. The normalized spacial score (nSPS) is 16.8. The maximum atomic E-state index is 13.2. The van der Waals surface area contributed by atoms with Crippen LogP contribution < -0.4 is 15.8 Å². The number of amides is 2. The zero-order valence-corrected chi connectivity index (χ0v) is 22.0. The SMILES string of the molecule is CC(C)(Oc1ccc(C(C)(C)C)cc1)C(=O)Nc1sc2c(c1C(N)=O)CC[C@H](C(C)(C)C)C2. The van der Waals surface area contributed by atoms with Gasteiger partial charge in [0.2, 0.25) is 0 Å². The van der Waals surface area contributed by atoms with Crippen LogP contribution in [0, 0.1) is 11.3 Å². The molecule has 3 rings (SSSR count). The summed E-state index contributed by atoms with van der Waals surface area (Å²) in [6, 6.07) is 7.82. The van der Waals surface area contributed by atoms with Crippen LogP contribution in [0.3, 0.4) is 0 Å². The van der Waals surface area contributed by atoms with Gasteiger partial charge in [0.25, 0.3) is 11.8 Å². The molecule has 0 bridgehead atoms. The number of fused-ring (bicyclic) bond motifs is 1. The molecule has 0 saturated carbocycles. The zero-order chi connectivity index (χ0) is 24.8. The first kappa shape index (κ1) is 25.3. The Morgan fingerprint density at radius 1 is 1.03 bits per heavy atom. The van der Waals surface area contributed by atoms with Gasteiger partial charge in [0.1, 0.15) is 10.8 Å². The van der Waals surface area contributed by atoms with E-state index in [9.17, 15) is 9.59 Å². The Kier molecular flexibility index (Phi) is 6.73. The number of hydrogen-bond acceptors (Lipinski definition) is 4. The predicted molar refractivity (Wildman–Crippen MR) is 136 cm³/mol. The van der Waals surface area contributed by atoms with Gasteiger partial charge in [-0.05, 0) is 73.1 Å². The largest absolute Gasteiger partial charge is 0.478 e. The van der Waals surface area contributed by atoms with Gasteiger partial charge in [0.15, 0.2) is 5.60 Å². The molecule has 0 saturated heterocycles. The van der Waals surface area contributed by atoms with Gasteiger partial charge in [-0.1, -0.05) is 53.7 Å². The van der Waals surface area contributed by atoms with Crippen molar-refractivity contribution in [3.8, 4) is 5.75 Å². The standard InChI is InChI=1S/C27H38N2O3S/c1-25(2,3)16-9-12-18(13-10-16)32-27(7,8)24(31)29-23-21(22(28)30)19-14-11-17(26(4,5)6)15-20(19)33-23/h9-10,12-13,17H,11,14-15H2,1-8H3,(H2,28,30)(H,29,31)/t17-/m0/s1. The van der Waals surface area contributed by atoms with Gasteiger partial charge in [-0.25, -0.2) is 0 Å². The molecule has 1 aliphatic rings.